The van der Waals surface area contributed by atoms with Gasteiger partial charge in [0.2, 0.25) is 11.8 Å². The summed E-state index contributed by atoms with van der Waals surface area (Å²) in [4.78, 5) is 27.9. The molecule has 6 heteroatoms. The van der Waals surface area contributed by atoms with E-state index >= 15 is 0 Å². The SMILES string of the molecule is O=C(NCc1ccco1)C1C2C(=O)N(C3CCCC3)C[C@@]23C=C[C@H]1O3. The summed E-state index contributed by atoms with van der Waals surface area (Å²) in [6.45, 7) is 0.926. The molecule has 4 heterocycles. The van der Waals surface area contributed by atoms with Crippen LogP contribution in [0, 0.1) is 11.8 Å². The summed E-state index contributed by atoms with van der Waals surface area (Å²) in [6.07, 6.45) is 9.76. The highest BCUT2D eigenvalue weighted by Gasteiger charge is 2.67. The van der Waals surface area contributed by atoms with Crippen LogP contribution in [0.25, 0.3) is 0 Å². The van der Waals surface area contributed by atoms with E-state index in [9.17, 15) is 9.59 Å². The Bertz CT molecular complexity index is 722. The van der Waals surface area contributed by atoms with Gasteiger partial charge in [-0.15, -0.1) is 0 Å². The molecule has 4 atom stereocenters. The molecule has 3 aliphatic heterocycles. The van der Waals surface area contributed by atoms with Crippen LogP contribution in [-0.2, 0) is 20.9 Å². The van der Waals surface area contributed by atoms with Crippen LogP contribution in [0.4, 0.5) is 0 Å². The minimum atomic E-state index is -0.600. The second-order valence-corrected chi connectivity index (χ2v) is 7.60. The van der Waals surface area contributed by atoms with Crippen molar-refractivity contribution < 1.29 is 18.7 Å². The molecule has 2 bridgehead atoms. The van der Waals surface area contributed by atoms with Gasteiger partial charge in [0.25, 0.3) is 0 Å². The van der Waals surface area contributed by atoms with E-state index in [-0.39, 0.29) is 23.8 Å². The third-order valence-corrected chi connectivity index (χ3v) is 6.21. The van der Waals surface area contributed by atoms with Crippen LogP contribution in [0.1, 0.15) is 31.4 Å². The predicted molar refractivity (Wildman–Crippen MR) is 88.2 cm³/mol. The van der Waals surface area contributed by atoms with Crippen molar-refractivity contribution in [3.63, 3.8) is 0 Å². The number of rotatable bonds is 4. The van der Waals surface area contributed by atoms with Gasteiger partial charge in [0.1, 0.15) is 11.4 Å². The van der Waals surface area contributed by atoms with Gasteiger partial charge in [-0.3, -0.25) is 9.59 Å². The second kappa shape index (κ2) is 5.46. The molecule has 2 amide bonds. The van der Waals surface area contributed by atoms with Crippen molar-refractivity contribution in [2.24, 2.45) is 11.8 Å². The fourth-order valence-corrected chi connectivity index (χ4v) is 5.06. The maximum Gasteiger partial charge on any atom is 0.230 e. The Balaban J connectivity index is 1.36. The quantitative estimate of drug-likeness (QED) is 0.844. The van der Waals surface area contributed by atoms with E-state index in [0.717, 1.165) is 12.8 Å². The van der Waals surface area contributed by atoms with Crippen LogP contribution in [0.2, 0.25) is 0 Å². The van der Waals surface area contributed by atoms with Gasteiger partial charge in [-0.25, -0.2) is 0 Å². The van der Waals surface area contributed by atoms with E-state index in [1.165, 1.54) is 12.8 Å². The molecular weight excluding hydrogens is 320 g/mol. The van der Waals surface area contributed by atoms with Gasteiger partial charge in [0.05, 0.1) is 37.3 Å². The molecular formula is C19H22N2O4. The molecule has 3 fully saturated rings. The van der Waals surface area contributed by atoms with Crippen molar-refractivity contribution in [1.82, 2.24) is 10.2 Å². The molecule has 1 aliphatic carbocycles. The first-order valence-corrected chi connectivity index (χ1v) is 9.16. The van der Waals surface area contributed by atoms with E-state index in [4.69, 9.17) is 9.15 Å². The first-order chi connectivity index (χ1) is 12.2. The van der Waals surface area contributed by atoms with Crippen molar-refractivity contribution in [2.75, 3.05) is 6.54 Å². The molecule has 2 unspecified atom stereocenters. The maximum atomic E-state index is 13.1. The van der Waals surface area contributed by atoms with Gasteiger partial charge in [-0.1, -0.05) is 25.0 Å². The number of ether oxygens (including phenoxy) is 1. The van der Waals surface area contributed by atoms with Gasteiger partial charge in [0.15, 0.2) is 0 Å². The molecule has 6 nitrogen and oxygen atoms in total. The average Bonchev–Trinajstić information content (AvgIpc) is 3.39. The lowest BCUT2D eigenvalue weighted by atomic mass is 9.77. The Labute approximate surface area is 146 Å². The number of carbonyl (C=O) groups excluding carboxylic acids is 2. The highest BCUT2D eigenvalue weighted by molar-refractivity contribution is 5.93. The fourth-order valence-electron chi connectivity index (χ4n) is 5.06. The molecule has 1 saturated carbocycles. The first-order valence-electron chi connectivity index (χ1n) is 9.16. The lowest BCUT2D eigenvalue weighted by Crippen LogP contribution is -2.44. The summed E-state index contributed by atoms with van der Waals surface area (Å²) in [7, 11) is 0. The van der Waals surface area contributed by atoms with Crippen molar-refractivity contribution in [3.05, 3.63) is 36.3 Å². The normalized spacial score (nSPS) is 36.4. The molecule has 0 radical (unpaired) electrons. The van der Waals surface area contributed by atoms with Crippen LogP contribution in [0.3, 0.4) is 0 Å². The second-order valence-electron chi connectivity index (χ2n) is 7.60. The van der Waals surface area contributed by atoms with E-state index in [1.807, 2.05) is 23.1 Å². The zero-order valence-corrected chi connectivity index (χ0v) is 14.0. The Morgan fingerprint density at radius 2 is 2.20 bits per heavy atom. The molecule has 1 aromatic rings. The Kier molecular flexibility index (Phi) is 3.32. The molecule has 2 saturated heterocycles. The number of furan rings is 1. The lowest BCUT2D eigenvalue weighted by Gasteiger charge is -2.26. The van der Waals surface area contributed by atoms with Crippen LogP contribution in [0.15, 0.2) is 35.0 Å². The number of hydrogen-bond acceptors (Lipinski definition) is 4. The molecule has 5 rings (SSSR count). The smallest absolute Gasteiger partial charge is 0.230 e. The third-order valence-electron chi connectivity index (χ3n) is 6.21. The summed E-state index contributed by atoms with van der Waals surface area (Å²) in [5.41, 5.74) is -0.600. The van der Waals surface area contributed by atoms with Crippen molar-refractivity contribution in [2.45, 2.75) is 50.0 Å². The highest BCUT2D eigenvalue weighted by Crippen LogP contribution is 2.52. The van der Waals surface area contributed by atoms with E-state index < -0.39 is 11.5 Å². The Hall–Kier alpha value is -2.08. The molecule has 1 aromatic heterocycles. The molecule has 25 heavy (non-hydrogen) atoms. The minimum Gasteiger partial charge on any atom is -0.467 e. The number of nitrogens with one attached hydrogen (secondary N) is 1. The topological polar surface area (TPSA) is 71.8 Å². The number of amides is 2. The Morgan fingerprint density at radius 1 is 1.36 bits per heavy atom. The van der Waals surface area contributed by atoms with Crippen LogP contribution in [0.5, 0.6) is 0 Å². The van der Waals surface area contributed by atoms with Crippen LogP contribution < -0.4 is 5.32 Å². The number of fused-ring (bicyclic) bond motifs is 1. The summed E-state index contributed by atoms with van der Waals surface area (Å²) in [5, 5.41) is 2.91. The summed E-state index contributed by atoms with van der Waals surface area (Å²) >= 11 is 0. The molecule has 1 spiro atoms. The summed E-state index contributed by atoms with van der Waals surface area (Å²) < 4.78 is 11.4. The van der Waals surface area contributed by atoms with Gasteiger partial charge in [0, 0.05) is 6.04 Å². The van der Waals surface area contributed by atoms with E-state index in [2.05, 4.69) is 5.32 Å². The maximum absolute atomic E-state index is 13.1. The minimum absolute atomic E-state index is 0.0944. The largest absolute Gasteiger partial charge is 0.467 e. The van der Waals surface area contributed by atoms with Crippen molar-refractivity contribution in [3.8, 4) is 0 Å². The average molecular weight is 342 g/mol. The van der Waals surface area contributed by atoms with Crippen molar-refractivity contribution in [1.29, 1.82) is 0 Å². The number of carbonyl (C=O) groups is 2. The first kappa shape index (κ1) is 15.2. The molecule has 1 N–H and O–H groups in total. The van der Waals surface area contributed by atoms with Crippen LogP contribution >= 0.6 is 0 Å². The predicted octanol–water partition coefficient (Wildman–Crippen LogP) is 1.62. The zero-order chi connectivity index (χ0) is 17.0. The summed E-state index contributed by atoms with van der Waals surface area (Å²) in [6, 6.07) is 3.93. The lowest BCUT2D eigenvalue weighted by molar-refractivity contribution is -0.138. The molecule has 0 aromatic carbocycles. The third kappa shape index (κ3) is 2.20. The number of hydrogen-bond donors (Lipinski definition) is 1. The van der Waals surface area contributed by atoms with Gasteiger partial charge >= 0.3 is 0 Å². The van der Waals surface area contributed by atoms with Crippen LogP contribution in [-0.4, -0.2) is 41.0 Å². The van der Waals surface area contributed by atoms with Crippen molar-refractivity contribution >= 4 is 11.8 Å². The molecule has 132 valence electrons. The number of likely N-dealkylation sites (tertiary alicyclic amines) is 1. The molecule has 4 aliphatic rings. The van der Waals surface area contributed by atoms with Gasteiger partial charge < -0.3 is 19.4 Å². The standard InChI is InChI=1S/C19H22N2O4/c22-17(20-10-13-6-3-9-24-13)15-14-7-8-19(25-14)11-21(18(23)16(15)19)12-4-1-2-5-12/h3,6-9,12,14-16H,1-2,4-5,10-11H2,(H,20,22)/t14-,15?,16?,19+/m1/s1. The van der Waals surface area contributed by atoms with Gasteiger partial charge in [-0.05, 0) is 25.0 Å². The fraction of sp³-hybridized carbons (Fsp3) is 0.579. The Morgan fingerprint density at radius 3 is 2.96 bits per heavy atom. The van der Waals surface area contributed by atoms with Gasteiger partial charge in [-0.2, -0.15) is 0 Å². The van der Waals surface area contributed by atoms with E-state index in [1.54, 1.807) is 12.3 Å². The zero-order valence-electron chi connectivity index (χ0n) is 14.0. The highest BCUT2D eigenvalue weighted by atomic mass is 16.5. The number of nitrogens with zero attached hydrogens (tertiary/aromatic N) is 1. The monoisotopic (exact) mass is 342 g/mol. The summed E-state index contributed by atoms with van der Waals surface area (Å²) in [5.74, 6) is -0.164. The van der Waals surface area contributed by atoms with E-state index in [0.29, 0.717) is 24.9 Å².